The molecule has 5 nitrogen and oxygen atoms in total. The van der Waals surface area contributed by atoms with Gasteiger partial charge in [0.2, 0.25) is 0 Å². The van der Waals surface area contributed by atoms with E-state index in [-0.39, 0.29) is 0 Å². The van der Waals surface area contributed by atoms with Gasteiger partial charge in [-0.3, -0.25) is 4.90 Å². The Balaban J connectivity index is 1.75. The van der Waals surface area contributed by atoms with Crippen LogP contribution in [0.2, 0.25) is 0 Å². The van der Waals surface area contributed by atoms with Gasteiger partial charge in [-0.05, 0) is 37.9 Å². The van der Waals surface area contributed by atoms with E-state index in [2.05, 4.69) is 21.4 Å². The molecule has 0 aromatic carbocycles. The molecule has 1 saturated heterocycles. The van der Waals surface area contributed by atoms with Crippen LogP contribution in [0, 0.1) is 0 Å². The Morgan fingerprint density at radius 1 is 1.50 bits per heavy atom. The summed E-state index contributed by atoms with van der Waals surface area (Å²) in [5, 5.41) is 9.09. The molecule has 22 heavy (non-hydrogen) atoms. The van der Waals surface area contributed by atoms with Crippen LogP contribution in [0.4, 0.5) is 0 Å². The smallest absolute Gasteiger partial charge is 0.345 e. The van der Waals surface area contributed by atoms with Crippen molar-refractivity contribution in [3.63, 3.8) is 0 Å². The van der Waals surface area contributed by atoms with Crippen molar-refractivity contribution in [1.29, 1.82) is 0 Å². The Morgan fingerprint density at radius 3 is 3.09 bits per heavy atom. The normalized spacial score (nSPS) is 18.9. The highest BCUT2D eigenvalue weighted by Crippen LogP contribution is 2.36. The predicted molar refractivity (Wildman–Crippen MR) is 86.2 cm³/mol. The molecule has 0 bridgehead atoms. The highest BCUT2D eigenvalue weighted by Gasteiger charge is 2.28. The zero-order valence-corrected chi connectivity index (χ0v) is 13.6. The van der Waals surface area contributed by atoms with Crippen LogP contribution >= 0.6 is 11.3 Å². The molecule has 0 saturated carbocycles. The fraction of sp³-hybridized carbons (Fsp3) is 0.500. The molecule has 1 atom stereocenters. The molecule has 118 valence electrons. The van der Waals surface area contributed by atoms with Crippen molar-refractivity contribution in [3.8, 4) is 0 Å². The number of rotatable bonds is 6. The molecule has 0 amide bonds. The van der Waals surface area contributed by atoms with E-state index >= 15 is 0 Å². The van der Waals surface area contributed by atoms with Gasteiger partial charge in [0.1, 0.15) is 10.7 Å². The summed E-state index contributed by atoms with van der Waals surface area (Å²) >= 11 is 1.40. The van der Waals surface area contributed by atoms with Gasteiger partial charge in [-0.1, -0.05) is 6.92 Å². The van der Waals surface area contributed by atoms with Gasteiger partial charge in [0.05, 0.1) is 6.54 Å². The maximum Gasteiger partial charge on any atom is 0.345 e. The van der Waals surface area contributed by atoms with E-state index in [0.717, 1.165) is 49.6 Å². The van der Waals surface area contributed by atoms with Gasteiger partial charge in [0, 0.05) is 29.9 Å². The largest absolute Gasteiger partial charge is 0.477 e. The van der Waals surface area contributed by atoms with Gasteiger partial charge in [-0.25, -0.2) is 9.78 Å². The third-order valence-electron chi connectivity index (χ3n) is 4.14. The van der Waals surface area contributed by atoms with Crippen LogP contribution in [0.5, 0.6) is 0 Å². The van der Waals surface area contributed by atoms with Gasteiger partial charge < -0.3 is 9.67 Å². The van der Waals surface area contributed by atoms with Crippen molar-refractivity contribution in [2.75, 3.05) is 6.54 Å². The summed E-state index contributed by atoms with van der Waals surface area (Å²) in [5.41, 5.74) is 0. The summed E-state index contributed by atoms with van der Waals surface area (Å²) in [6, 6.07) is 4.01. The molecular weight excluding hydrogens is 298 g/mol. The number of nitrogens with zero attached hydrogens (tertiary/aromatic N) is 3. The van der Waals surface area contributed by atoms with Crippen LogP contribution in [0.15, 0.2) is 24.5 Å². The number of aromatic carboxylic acids is 1. The topological polar surface area (TPSA) is 58.4 Å². The van der Waals surface area contributed by atoms with Crippen molar-refractivity contribution < 1.29 is 9.90 Å². The number of thiophene rings is 1. The van der Waals surface area contributed by atoms with E-state index in [1.54, 1.807) is 6.07 Å². The summed E-state index contributed by atoms with van der Waals surface area (Å²) in [7, 11) is 0. The molecule has 0 aliphatic carbocycles. The number of hydrogen-bond acceptors (Lipinski definition) is 4. The molecule has 0 radical (unpaired) electrons. The van der Waals surface area contributed by atoms with E-state index < -0.39 is 5.97 Å². The minimum absolute atomic E-state index is 0.324. The molecule has 3 rings (SSSR count). The average molecular weight is 319 g/mol. The number of imidazole rings is 1. The summed E-state index contributed by atoms with van der Waals surface area (Å²) in [5.74, 6) is 0.267. The van der Waals surface area contributed by atoms with Crippen molar-refractivity contribution in [1.82, 2.24) is 14.5 Å². The van der Waals surface area contributed by atoms with Crippen LogP contribution in [0.25, 0.3) is 0 Å². The van der Waals surface area contributed by atoms with Crippen LogP contribution < -0.4 is 0 Å². The lowest BCUT2D eigenvalue weighted by molar-refractivity contribution is 0.0702. The van der Waals surface area contributed by atoms with Crippen molar-refractivity contribution in [2.45, 2.75) is 45.3 Å². The molecule has 2 aromatic rings. The number of aryl methyl sites for hydroxylation is 1. The van der Waals surface area contributed by atoms with Crippen molar-refractivity contribution in [2.24, 2.45) is 0 Å². The first-order valence-corrected chi connectivity index (χ1v) is 8.57. The Bertz CT molecular complexity index is 649. The maximum absolute atomic E-state index is 11.1. The lowest BCUT2D eigenvalue weighted by atomic mass is 10.2. The minimum Gasteiger partial charge on any atom is -0.477 e. The van der Waals surface area contributed by atoms with Crippen LogP contribution in [0.1, 0.15) is 52.6 Å². The third-order valence-corrected chi connectivity index (χ3v) is 5.31. The molecule has 3 heterocycles. The molecule has 6 heteroatoms. The first-order chi connectivity index (χ1) is 10.7. The second-order valence-corrected chi connectivity index (χ2v) is 6.79. The van der Waals surface area contributed by atoms with Gasteiger partial charge in [0.25, 0.3) is 0 Å². The Labute approximate surface area is 134 Å². The molecule has 0 spiro atoms. The lowest BCUT2D eigenvalue weighted by Crippen LogP contribution is -2.24. The van der Waals surface area contributed by atoms with E-state index in [1.807, 2.05) is 18.5 Å². The van der Waals surface area contributed by atoms with E-state index in [4.69, 9.17) is 5.11 Å². The molecular formula is C16H21N3O2S. The van der Waals surface area contributed by atoms with E-state index in [1.165, 1.54) is 11.3 Å². The molecule has 1 aliphatic rings. The van der Waals surface area contributed by atoms with E-state index in [9.17, 15) is 4.79 Å². The fourth-order valence-corrected chi connectivity index (χ4v) is 4.12. The first-order valence-electron chi connectivity index (χ1n) is 7.76. The number of hydrogen-bond donors (Lipinski definition) is 1. The fourth-order valence-electron chi connectivity index (χ4n) is 3.10. The van der Waals surface area contributed by atoms with Crippen molar-refractivity contribution >= 4 is 17.3 Å². The number of aromatic nitrogens is 2. The second kappa shape index (κ2) is 6.62. The third kappa shape index (κ3) is 3.08. The SMILES string of the molecule is CCCn1ccnc1CN1CCCC1c1ccc(C(=O)O)s1. The maximum atomic E-state index is 11.1. The molecule has 1 unspecified atom stereocenters. The summed E-state index contributed by atoms with van der Waals surface area (Å²) in [4.78, 5) is 19.6. The van der Waals surface area contributed by atoms with Gasteiger partial charge in [-0.15, -0.1) is 11.3 Å². The highest BCUT2D eigenvalue weighted by molar-refractivity contribution is 7.14. The Kier molecular flexibility index (Phi) is 4.59. The number of carboxylic acids is 1. The van der Waals surface area contributed by atoms with Crippen molar-refractivity contribution in [3.05, 3.63) is 40.1 Å². The van der Waals surface area contributed by atoms with Crippen LogP contribution in [0.3, 0.4) is 0 Å². The number of carbonyl (C=O) groups is 1. The van der Waals surface area contributed by atoms with Crippen LogP contribution in [-0.2, 0) is 13.1 Å². The lowest BCUT2D eigenvalue weighted by Gasteiger charge is -2.23. The van der Waals surface area contributed by atoms with Gasteiger partial charge >= 0.3 is 5.97 Å². The van der Waals surface area contributed by atoms with Crippen LogP contribution in [-0.4, -0.2) is 32.1 Å². The molecule has 1 aliphatic heterocycles. The van der Waals surface area contributed by atoms with E-state index in [0.29, 0.717) is 10.9 Å². The number of carboxylic acid groups (broad SMARTS) is 1. The molecule has 1 N–H and O–H groups in total. The first kappa shape index (κ1) is 15.2. The zero-order chi connectivity index (χ0) is 15.5. The Morgan fingerprint density at radius 2 is 2.36 bits per heavy atom. The summed E-state index contributed by atoms with van der Waals surface area (Å²) in [6.45, 7) is 5.04. The molecule has 1 fully saturated rings. The van der Waals surface area contributed by atoms with Gasteiger partial charge in [-0.2, -0.15) is 0 Å². The highest BCUT2D eigenvalue weighted by atomic mass is 32.1. The summed E-state index contributed by atoms with van der Waals surface area (Å²) in [6.07, 6.45) is 7.24. The minimum atomic E-state index is -0.834. The zero-order valence-electron chi connectivity index (χ0n) is 12.7. The molecule has 2 aromatic heterocycles. The van der Waals surface area contributed by atoms with Gasteiger partial charge in [0.15, 0.2) is 0 Å². The standard InChI is InChI=1S/C16H21N3O2S/c1-2-8-18-10-7-17-15(18)11-19-9-3-4-12(19)13-5-6-14(22-13)16(20)21/h5-7,10,12H,2-4,8-9,11H2,1H3,(H,20,21). The summed E-state index contributed by atoms with van der Waals surface area (Å²) < 4.78 is 2.21. The quantitative estimate of drug-likeness (QED) is 0.886. The second-order valence-electron chi connectivity index (χ2n) is 5.67. The Hall–Kier alpha value is -1.66. The average Bonchev–Trinajstić information content (AvgIpc) is 3.20. The predicted octanol–water partition coefficient (Wildman–Crippen LogP) is 3.39. The monoisotopic (exact) mass is 319 g/mol. The number of likely N-dealkylation sites (tertiary alicyclic amines) is 1.